The Bertz CT molecular complexity index is 914. The largest absolute Gasteiger partial charge is 0.346 e. The third kappa shape index (κ3) is 5.05. The highest BCUT2D eigenvalue weighted by Gasteiger charge is 2.12. The molecule has 1 heterocycles. The highest BCUT2D eigenvalue weighted by atomic mass is 32.2. The van der Waals surface area contributed by atoms with E-state index in [-0.39, 0.29) is 12.3 Å². The highest BCUT2D eigenvalue weighted by Crippen LogP contribution is 2.10. The van der Waals surface area contributed by atoms with Gasteiger partial charge in [-0.2, -0.15) is 0 Å². The Morgan fingerprint density at radius 3 is 2.32 bits per heavy atom. The fourth-order valence-corrected chi connectivity index (χ4v) is 3.78. The van der Waals surface area contributed by atoms with Crippen molar-refractivity contribution < 1.29 is 8.42 Å². The van der Waals surface area contributed by atoms with Crippen LogP contribution in [0.15, 0.2) is 72.9 Å². The predicted molar refractivity (Wildman–Crippen MR) is 101 cm³/mol. The van der Waals surface area contributed by atoms with E-state index in [9.17, 15) is 8.42 Å². The molecule has 25 heavy (non-hydrogen) atoms. The molecule has 0 amide bonds. The first-order chi connectivity index (χ1) is 12.0. The molecule has 0 fully saturated rings. The second kappa shape index (κ2) is 7.68. The van der Waals surface area contributed by atoms with Crippen molar-refractivity contribution in [1.29, 1.82) is 0 Å². The Balaban J connectivity index is 1.64. The zero-order valence-corrected chi connectivity index (χ0v) is 15.0. The summed E-state index contributed by atoms with van der Waals surface area (Å²) in [6, 6.07) is 21.4. The molecule has 0 aliphatic rings. The summed E-state index contributed by atoms with van der Waals surface area (Å²) in [5.74, 6) is -0.00743. The molecule has 4 nitrogen and oxygen atoms in total. The monoisotopic (exact) mass is 354 g/mol. The summed E-state index contributed by atoms with van der Waals surface area (Å²) in [7, 11) is -3.37. The molecule has 0 saturated heterocycles. The van der Waals surface area contributed by atoms with Gasteiger partial charge in [-0.3, -0.25) is 0 Å². The van der Waals surface area contributed by atoms with Gasteiger partial charge in [-0.25, -0.2) is 13.1 Å². The fraction of sp³-hybridized carbons (Fsp3) is 0.200. The van der Waals surface area contributed by atoms with E-state index in [1.54, 1.807) is 0 Å². The quantitative estimate of drug-likeness (QED) is 0.706. The number of nitrogens with zero attached hydrogens (tertiary/aromatic N) is 1. The van der Waals surface area contributed by atoms with Crippen LogP contribution < -0.4 is 4.72 Å². The molecule has 130 valence electrons. The van der Waals surface area contributed by atoms with Gasteiger partial charge in [0.15, 0.2) is 0 Å². The standard InChI is InChI=1S/C20H22N2O2S/c1-17-9-11-18(12-10-17)15-22-13-5-8-20(22)14-21-25(23,24)16-19-6-3-2-4-7-19/h2-13,21H,14-16H2,1H3. The molecule has 0 aliphatic carbocycles. The predicted octanol–water partition coefficient (Wildman–Crippen LogP) is 3.46. The van der Waals surface area contributed by atoms with E-state index in [0.29, 0.717) is 0 Å². The molecule has 1 aromatic heterocycles. The maximum Gasteiger partial charge on any atom is 0.216 e. The van der Waals surface area contributed by atoms with Crippen LogP contribution in [0.1, 0.15) is 22.4 Å². The smallest absolute Gasteiger partial charge is 0.216 e. The molecule has 0 aliphatic heterocycles. The van der Waals surface area contributed by atoms with Gasteiger partial charge < -0.3 is 4.57 Å². The molecule has 0 atom stereocenters. The lowest BCUT2D eigenvalue weighted by atomic mass is 10.1. The number of rotatable bonds is 7. The Morgan fingerprint density at radius 2 is 1.60 bits per heavy atom. The van der Waals surface area contributed by atoms with Crippen molar-refractivity contribution in [3.05, 3.63) is 95.3 Å². The molecule has 0 unspecified atom stereocenters. The van der Waals surface area contributed by atoms with Gasteiger partial charge in [-0.05, 0) is 30.2 Å². The minimum atomic E-state index is -3.37. The highest BCUT2D eigenvalue weighted by molar-refractivity contribution is 7.88. The number of nitrogens with one attached hydrogen (secondary N) is 1. The summed E-state index contributed by atoms with van der Waals surface area (Å²) < 4.78 is 29.3. The summed E-state index contributed by atoms with van der Waals surface area (Å²) in [5.41, 5.74) is 4.14. The average Bonchev–Trinajstić information content (AvgIpc) is 3.03. The number of benzene rings is 2. The molecule has 3 rings (SSSR count). The first kappa shape index (κ1) is 17.5. The van der Waals surface area contributed by atoms with Gasteiger partial charge in [-0.1, -0.05) is 60.2 Å². The Hall–Kier alpha value is -2.37. The van der Waals surface area contributed by atoms with E-state index in [4.69, 9.17) is 0 Å². The zero-order chi connectivity index (χ0) is 17.7. The summed E-state index contributed by atoms with van der Waals surface area (Å²) in [6.45, 7) is 3.07. The Kier molecular flexibility index (Phi) is 5.36. The van der Waals surface area contributed by atoms with E-state index in [1.807, 2.05) is 48.7 Å². The molecule has 0 spiro atoms. The number of aromatic nitrogens is 1. The van der Waals surface area contributed by atoms with E-state index in [1.165, 1.54) is 11.1 Å². The zero-order valence-electron chi connectivity index (χ0n) is 14.2. The van der Waals surface area contributed by atoms with Gasteiger partial charge in [0.1, 0.15) is 0 Å². The van der Waals surface area contributed by atoms with Crippen molar-refractivity contribution >= 4 is 10.0 Å². The van der Waals surface area contributed by atoms with Gasteiger partial charge in [0.2, 0.25) is 10.0 Å². The van der Waals surface area contributed by atoms with Crippen molar-refractivity contribution in [2.24, 2.45) is 0 Å². The van der Waals surface area contributed by atoms with Crippen molar-refractivity contribution in [3.8, 4) is 0 Å². The van der Waals surface area contributed by atoms with Crippen LogP contribution in [0.5, 0.6) is 0 Å². The van der Waals surface area contributed by atoms with E-state index >= 15 is 0 Å². The molecule has 3 aromatic rings. The summed E-state index contributed by atoms with van der Waals surface area (Å²) >= 11 is 0. The minimum absolute atomic E-state index is 0.00743. The van der Waals surface area contributed by atoms with Gasteiger partial charge in [0.25, 0.3) is 0 Å². The van der Waals surface area contributed by atoms with Crippen LogP contribution in [0.4, 0.5) is 0 Å². The van der Waals surface area contributed by atoms with Crippen LogP contribution >= 0.6 is 0 Å². The van der Waals surface area contributed by atoms with Crippen LogP contribution in [0, 0.1) is 6.92 Å². The lowest BCUT2D eigenvalue weighted by molar-refractivity contribution is 0.577. The van der Waals surface area contributed by atoms with Crippen molar-refractivity contribution in [1.82, 2.24) is 9.29 Å². The lowest BCUT2D eigenvalue weighted by Gasteiger charge is -2.11. The Morgan fingerprint density at radius 1 is 0.880 bits per heavy atom. The van der Waals surface area contributed by atoms with Crippen LogP contribution in [0.2, 0.25) is 0 Å². The van der Waals surface area contributed by atoms with Gasteiger partial charge in [0, 0.05) is 18.4 Å². The van der Waals surface area contributed by atoms with Crippen LogP contribution in [-0.4, -0.2) is 13.0 Å². The maximum absolute atomic E-state index is 12.3. The van der Waals surface area contributed by atoms with Crippen LogP contribution in [0.25, 0.3) is 0 Å². The molecular formula is C20H22N2O2S. The van der Waals surface area contributed by atoms with Gasteiger partial charge in [-0.15, -0.1) is 0 Å². The fourth-order valence-electron chi connectivity index (χ4n) is 2.68. The molecule has 0 radical (unpaired) electrons. The van der Waals surface area contributed by atoms with Gasteiger partial charge >= 0.3 is 0 Å². The topological polar surface area (TPSA) is 51.1 Å². The minimum Gasteiger partial charge on any atom is -0.346 e. The second-order valence-electron chi connectivity index (χ2n) is 6.18. The number of hydrogen-bond acceptors (Lipinski definition) is 2. The summed E-state index contributed by atoms with van der Waals surface area (Å²) in [4.78, 5) is 0. The lowest BCUT2D eigenvalue weighted by Crippen LogP contribution is -2.26. The molecular weight excluding hydrogens is 332 g/mol. The third-order valence-corrected chi connectivity index (χ3v) is 5.37. The van der Waals surface area contributed by atoms with Crippen LogP contribution in [-0.2, 0) is 28.9 Å². The van der Waals surface area contributed by atoms with Crippen molar-refractivity contribution in [2.75, 3.05) is 0 Å². The number of sulfonamides is 1. The molecule has 0 saturated carbocycles. The average molecular weight is 354 g/mol. The number of hydrogen-bond donors (Lipinski definition) is 1. The van der Waals surface area contributed by atoms with Gasteiger partial charge in [0.05, 0.1) is 12.3 Å². The third-order valence-electron chi connectivity index (χ3n) is 4.07. The van der Waals surface area contributed by atoms with Crippen LogP contribution in [0.3, 0.4) is 0 Å². The number of aryl methyl sites for hydroxylation is 1. The second-order valence-corrected chi connectivity index (χ2v) is 7.99. The van der Waals surface area contributed by atoms with E-state index < -0.39 is 10.0 Å². The molecule has 1 N–H and O–H groups in total. The molecule has 2 aromatic carbocycles. The SMILES string of the molecule is Cc1ccc(Cn2cccc2CNS(=O)(=O)Cc2ccccc2)cc1. The summed E-state index contributed by atoms with van der Waals surface area (Å²) in [6.07, 6.45) is 1.97. The summed E-state index contributed by atoms with van der Waals surface area (Å²) in [5, 5.41) is 0. The van der Waals surface area contributed by atoms with Crippen molar-refractivity contribution in [3.63, 3.8) is 0 Å². The van der Waals surface area contributed by atoms with Crippen molar-refractivity contribution in [2.45, 2.75) is 25.8 Å². The normalized spacial score (nSPS) is 11.6. The molecule has 0 bridgehead atoms. The first-order valence-electron chi connectivity index (χ1n) is 8.23. The van der Waals surface area contributed by atoms with E-state index in [2.05, 4.69) is 40.5 Å². The van der Waals surface area contributed by atoms with E-state index in [0.717, 1.165) is 17.8 Å². The maximum atomic E-state index is 12.3. The Labute approximate surface area is 149 Å². The first-order valence-corrected chi connectivity index (χ1v) is 9.88. The molecule has 5 heteroatoms.